The van der Waals surface area contributed by atoms with Crippen LogP contribution in [0.3, 0.4) is 0 Å². The van der Waals surface area contributed by atoms with Gasteiger partial charge in [-0.15, -0.1) is 0 Å². The molecule has 4 heteroatoms. The minimum Gasteiger partial charge on any atom is -0.383 e. The first-order valence-electron chi connectivity index (χ1n) is 3.36. The van der Waals surface area contributed by atoms with E-state index in [2.05, 4.69) is 26.2 Å². The molecular formula is C7H6BrClN2. The highest BCUT2D eigenvalue weighted by molar-refractivity contribution is 9.10. The van der Waals surface area contributed by atoms with Gasteiger partial charge in [0.25, 0.3) is 0 Å². The van der Waals surface area contributed by atoms with Gasteiger partial charge in [0, 0.05) is 12.7 Å². The van der Waals surface area contributed by atoms with E-state index in [1.807, 2.05) is 6.20 Å². The minimum absolute atomic E-state index is 0.526. The van der Waals surface area contributed by atoms with Gasteiger partial charge in [0.2, 0.25) is 0 Å². The van der Waals surface area contributed by atoms with Gasteiger partial charge in [-0.1, -0.05) is 11.6 Å². The topological polar surface area (TPSA) is 24.9 Å². The summed E-state index contributed by atoms with van der Waals surface area (Å²) in [6.45, 7) is 0.982. The van der Waals surface area contributed by atoms with Gasteiger partial charge in [-0.2, -0.15) is 0 Å². The van der Waals surface area contributed by atoms with E-state index in [4.69, 9.17) is 11.6 Å². The predicted octanol–water partition coefficient (Wildman–Crippen LogP) is 2.47. The van der Waals surface area contributed by atoms with Gasteiger partial charge < -0.3 is 5.32 Å². The van der Waals surface area contributed by atoms with Crippen molar-refractivity contribution in [2.24, 2.45) is 0 Å². The number of anilines is 1. The Morgan fingerprint density at radius 1 is 1.64 bits per heavy atom. The molecule has 0 fully saturated rings. The molecule has 1 aliphatic heterocycles. The van der Waals surface area contributed by atoms with E-state index in [-0.39, 0.29) is 0 Å². The van der Waals surface area contributed by atoms with Gasteiger partial charge in [-0.25, -0.2) is 4.98 Å². The SMILES string of the molecule is Clc1ncc2c(c1Br)NCC2. The van der Waals surface area contributed by atoms with Crippen LogP contribution in [-0.4, -0.2) is 11.5 Å². The standard InChI is InChI=1S/C7H6BrClN2/c8-5-6-4(1-2-10-6)3-11-7(5)9/h3,10H,1-2H2. The number of halogens is 2. The molecule has 0 saturated heterocycles. The summed E-state index contributed by atoms with van der Waals surface area (Å²) in [5, 5.41) is 3.76. The zero-order valence-corrected chi connectivity index (χ0v) is 8.04. The number of fused-ring (bicyclic) bond motifs is 1. The molecule has 0 radical (unpaired) electrons. The van der Waals surface area contributed by atoms with Gasteiger partial charge in [0.15, 0.2) is 0 Å². The van der Waals surface area contributed by atoms with Crippen LogP contribution in [0.2, 0.25) is 5.15 Å². The number of pyridine rings is 1. The molecule has 1 N–H and O–H groups in total. The van der Waals surface area contributed by atoms with Crippen LogP contribution in [0.5, 0.6) is 0 Å². The van der Waals surface area contributed by atoms with E-state index in [1.165, 1.54) is 5.56 Å². The highest BCUT2D eigenvalue weighted by Crippen LogP contribution is 2.34. The van der Waals surface area contributed by atoms with Crippen molar-refractivity contribution < 1.29 is 0 Å². The van der Waals surface area contributed by atoms with E-state index in [0.29, 0.717) is 5.15 Å². The summed E-state index contributed by atoms with van der Waals surface area (Å²) in [4.78, 5) is 4.03. The molecule has 0 amide bonds. The molecule has 0 aromatic carbocycles. The maximum absolute atomic E-state index is 5.79. The lowest BCUT2D eigenvalue weighted by molar-refractivity contribution is 1.09. The van der Waals surface area contributed by atoms with Gasteiger partial charge in [0.05, 0.1) is 10.2 Å². The monoisotopic (exact) mass is 232 g/mol. The molecule has 0 aliphatic carbocycles. The van der Waals surface area contributed by atoms with Crippen molar-refractivity contribution in [3.63, 3.8) is 0 Å². The highest BCUT2D eigenvalue weighted by atomic mass is 79.9. The average Bonchev–Trinajstić information content (AvgIpc) is 2.45. The molecule has 58 valence electrons. The van der Waals surface area contributed by atoms with Crippen molar-refractivity contribution in [1.82, 2.24) is 4.98 Å². The molecule has 0 unspecified atom stereocenters. The van der Waals surface area contributed by atoms with E-state index < -0.39 is 0 Å². The van der Waals surface area contributed by atoms with E-state index >= 15 is 0 Å². The van der Waals surface area contributed by atoms with Crippen molar-refractivity contribution in [3.05, 3.63) is 21.4 Å². The lowest BCUT2D eigenvalue weighted by atomic mass is 10.2. The molecule has 2 rings (SSSR count). The first-order chi connectivity index (χ1) is 5.29. The van der Waals surface area contributed by atoms with E-state index in [1.54, 1.807) is 0 Å². The van der Waals surface area contributed by atoms with Crippen LogP contribution in [0, 0.1) is 0 Å². The summed E-state index contributed by atoms with van der Waals surface area (Å²) in [5.74, 6) is 0. The summed E-state index contributed by atoms with van der Waals surface area (Å²) < 4.78 is 0.883. The first-order valence-corrected chi connectivity index (χ1v) is 4.53. The molecular weight excluding hydrogens is 227 g/mol. The minimum atomic E-state index is 0.526. The maximum atomic E-state index is 5.79. The molecule has 0 bridgehead atoms. The fourth-order valence-corrected chi connectivity index (χ4v) is 1.84. The van der Waals surface area contributed by atoms with E-state index in [0.717, 1.165) is 23.1 Å². The molecule has 1 aromatic rings. The molecule has 2 nitrogen and oxygen atoms in total. The molecule has 1 aromatic heterocycles. The zero-order chi connectivity index (χ0) is 7.84. The highest BCUT2D eigenvalue weighted by Gasteiger charge is 2.15. The lowest BCUT2D eigenvalue weighted by Crippen LogP contribution is -1.92. The number of hydrogen-bond acceptors (Lipinski definition) is 2. The number of hydrogen-bond donors (Lipinski definition) is 1. The van der Waals surface area contributed by atoms with Crippen LogP contribution in [0.15, 0.2) is 10.7 Å². The number of nitrogens with one attached hydrogen (secondary N) is 1. The van der Waals surface area contributed by atoms with Crippen molar-refractivity contribution >= 4 is 33.2 Å². The van der Waals surface area contributed by atoms with Gasteiger partial charge >= 0.3 is 0 Å². The maximum Gasteiger partial charge on any atom is 0.145 e. The molecule has 0 saturated carbocycles. The van der Waals surface area contributed by atoms with Crippen LogP contribution >= 0.6 is 27.5 Å². The van der Waals surface area contributed by atoms with Crippen molar-refractivity contribution in [2.75, 3.05) is 11.9 Å². The third-order valence-electron chi connectivity index (χ3n) is 1.75. The molecule has 0 atom stereocenters. The Bertz CT molecular complexity index is 301. The fraction of sp³-hybridized carbons (Fsp3) is 0.286. The lowest BCUT2D eigenvalue weighted by Gasteiger charge is -2.02. The summed E-state index contributed by atoms with van der Waals surface area (Å²) in [6.07, 6.45) is 2.86. The number of aromatic nitrogens is 1. The Labute approximate surface area is 78.1 Å². The summed E-state index contributed by atoms with van der Waals surface area (Å²) in [7, 11) is 0. The Morgan fingerprint density at radius 3 is 3.27 bits per heavy atom. The van der Waals surface area contributed by atoms with Crippen LogP contribution in [-0.2, 0) is 6.42 Å². The predicted molar refractivity (Wildman–Crippen MR) is 49.1 cm³/mol. The van der Waals surface area contributed by atoms with Crippen LogP contribution in [0.1, 0.15) is 5.56 Å². The summed E-state index contributed by atoms with van der Waals surface area (Å²) in [5.41, 5.74) is 2.34. The van der Waals surface area contributed by atoms with Gasteiger partial charge in [0.1, 0.15) is 5.15 Å². The summed E-state index contributed by atoms with van der Waals surface area (Å²) >= 11 is 9.17. The Morgan fingerprint density at radius 2 is 2.45 bits per heavy atom. The third-order valence-corrected chi connectivity index (χ3v) is 3.04. The van der Waals surface area contributed by atoms with Crippen molar-refractivity contribution in [1.29, 1.82) is 0 Å². The Hall–Kier alpha value is -0.280. The van der Waals surface area contributed by atoms with Crippen molar-refractivity contribution in [3.8, 4) is 0 Å². The normalized spacial score (nSPS) is 14.4. The second-order valence-corrected chi connectivity index (χ2v) is 3.59. The molecule has 0 spiro atoms. The fourth-order valence-electron chi connectivity index (χ4n) is 1.20. The quantitative estimate of drug-likeness (QED) is 0.696. The van der Waals surface area contributed by atoms with Crippen LogP contribution < -0.4 is 5.32 Å². The third kappa shape index (κ3) is 1.12. The Balaban J connectivity index is 2.62. The number of rotatable bonds is 0. The van der Waals surface area contributed by atoms with Crippen molar-refractivity contribution in [2.45, 2.75) is 6.42 Å². The zero-order valence-electron chi connectivity index (χ0n) is 5.69. The smallest absolute Gasteiger partial charge is 0.145 e. The van der Waals surface area contributed by atoms with Crippen LogP contribution in [0.4, 0.5) is 5.69 Å². The van der Waals surface area contributed by atoms with Gasteiger partial charge in [-0.3, -0.25) is 0 Å². The first kappa shape index (κ1) is 7.37. The van der Waals surface area contributed by atoms with E-state index in [9.17, 15) is 0 Å². The molecule has 11 heavy (non-hydrogen) atoms. The largest absolute Gasteiger partial charge is 0.383 e. The average molecular weight is 233 g/mol. The second-order valence-electron chi connectivity index (χ2n) is 2.44. The molecule has 1 aliphatic rings. The second kappa shape index (κ2) is 2.64. The number of nitrogens with zero attached hydrogens (tertiary/aromatic N) is 1. The van der Waals surface area contributed by atoms with Crippen LogP contribution in [0.25, 0.3) is 0 Å². The Kier molecular flexibility index (Phi) is 1.77. The summed E-state index contributed by atoms with van der Waals surface area (Å²) in [6, 6.07) is 0. The molecule has 2 heterocycles. The van der Waals surface area contributed by atoms with Gasteiger partial charge in [-0.05, 0) is 27.9 Å².